The van der Waals surface area contributed by atoms with E-state index in [1.165, 1.54) is 12.1 Å². The van der Waals surface area contributed by atoms with Crippen LogP contribution in [0.25, 0.3) is 43.6 Å². The van der Waals surface area contributed by atoms with Gasteiger partial charge in [0.05, 0.1) is 21.4 Å². The number of nitrogens with two attached hydrogens (primary N) is 1. The van der Waals surface area contributed by atoms with E-state index in [1.807, 2.05) is 17.6 Å². The molecule has 0 amide bonds. The fourth-order valence-electron chi connectivity index (χ4n) is 3.15. The van der Waals surface area contributed by atoms with Crippen molar-refractivity contribution in [2.45, 2.75) is 0 Å². The normalized spacial score (nSPS) is 11.3. The molecular formula is C20H12FN5S. The van der Waals surface area contributed by atoms with E-state index >= 15 is 0 Å². The van der Waals surface area contributed by atoms with E-state index in [1.54, 1.807) is 35.9 Å². The molecule has 0 aliphatic rings. The van der Waals surface area contributed by atoms with Gasteiger partial charge in [-0.05, 0) is 42.0 Å². The molecule has 0 atom stereocenters. The van der Waals surface area contributed by atoms with Gasteiger partial charge in [-0.15, -0.1) is 11.3 Å². The first kappa shape index (κ1) is 15.8. The summed E-state index contributed by atoms with van der Waals surface area (Å²) in [7, 11) is 0. The average Bonchev–Trinajstić information content (AvgIpc) is 3.16. The molecule has 0 bridgehead atoms. The molecule has 5 rings (SSSR count). The summed E-state index contributed by atoms with van der Waals surface area (Å²) >= 11 is 1.57. The number of hydrogen-bond donors (Lipinski definition) is 1. The molecule has 2 aromatic carbocycles. The van der Waals surface area contributed by atoms with E-state index in [0.29, 0.717) is 22.5 Å². The predicted octanol–water partition coefficient (Wildman–Crippen LogP) is 4.69. The number of aromatic nitrogens is 4. The topological polar surface area (TPSA) is 77.6 Å². The molecule has 0 aliphatic heterocycles. The lowest BCUT2D eigenvalue weighted by molar-refractivity contribution is 0.628. The molecule has 7 heteroatoms. The van der Waals surface area contributed by atoms with Crippen LogP contribution in [0.1, 0.15) is 0 Å². The summed E-state index contributed by atoms with van der Waals surface area (Å²) in [5, 5.41) is 0. The van der Waals surface area contributed by atoms with Crippen LogP contribution < -0.4 is 5.73 Å². The fraction of sp³-hybridized carbons (Fsp3) is 0. The minimum atomic E-state index is -0.306. The maximum atomic E-state index is 13.4. The van der Waals surface area contributed by atoms with E-state index in [4.69, 9.17) is 5.73 Å². The van der Waals surface area contributed by atoms with E-state index in [9.17, 15) is 4.39 Å². The van der Waals surface area contributed by atoms with E-state index in [-0.39, 0.29) is 5.82 Å². The third-order valence-corrected chi connectivity index (χ3v) is 5.18. The highest BCUT2D eigenvalue weighted by Gasteiger charge is 2.18. The van der Waals surface area contributed by atoms with Crippen LogP contribution in [0.2, 0.25) is 0 Å². The van der Waals surface area contributed by atoms with Gasteiger partial charge in [-0.1, -0.05) is 6.07 Å². The molecule has 27 heavy (non-hydrogen) atoms. The quantitative estimate of drug-likeness (QED) is 0.486. The summed E-state index contributed by atoms with van der Waals surface area (Å²) < 4.78 is 14.5. The molecule has 0 radical (unpaired) electrons. The molecule has 0 saturated carbocycles. The Kier molecular flexibility index (Phi) is 3.54. The second kappa shape index (κ2) is 6.07. The van der Waals surface area contributed by atoms with Crippen molar-refractivity contribution in [3.63, 3.8) is 0 Å². The van der Waals surface area contributed by atoms with Crippen molar-refractivity contribution in [3.05, 3.63) is 66.2 Å². The lowest BCUT2D eigenvalue weighted by atomic mass is 9.97. The number of halogens is 1. The molecule has 130 valence electrons. The summed E-state index contributed by atoms with van der Waals surface area (Å²) in [5.74, 6) is -0.0139. The molecule has 3 aromatic heterocycles. The Hall–Kier alpha value is -3.45. The van der Waals surface area contributed by atoms with Crippen molar-refractivity contribution in [2.24, 2.45) is 0 Å². The van der Waals surface area contributed by atoms with Gasteiger partial charge in [-0.25, -0.2) is 19.3 Å². The van der Waals surface area contributed by atoms with Crippen molar-refractivity contribution >= 4 is 38.4 Å². The van der Waals surface area contributed by atoms with Gasteiger partial charge in [0.1, 0.15) is 16.9 Å². The first-order chi connectivity index (χ1) is 13.2. The van der Waals surface area contributed by atoms with Gasteiger partial charge in [-0.3, -0.25) is 4.98 Å². The largest absolute Gasteiger partial charge is 0.382 e. The molecule has 2 N–H and O–H groups in total. The number of fused-ring (bicyclic) bond motifs is 2. The Balaban J connectivity index is 1.88. The summed E-state index contributed by atoms with van der Waals surface area (Å²) in [6.45, 7) is 0. The third-order valence-electron chi connectivity index (χ3n) is 4.38. The van der Waals surface area contributed by atoms with Gasteiger partial charge in [0.15, 0.2) is 5.82 Å². The van der Waals surface area contributed by atoms with E-state index < -0.39 is 0 Å². The zero-order valence-electron chi connectivity index (χ0n) is 13.9. The van der Waals surface area contributed by atoms with Gasteiger partial charge in [0.2, 0.25) is 0 Å². The number of benzene rings is 2. The first-order valence-electron chi connectivity index (χ1n) is 8.20. The second-order valence-corrected chi connectivity index (χ2v) is 6.90. The maximum Gasteiger partial charge on any atom is 0.152 e. The van der Waals surface area contributed by atoms with Gasteiger partial charge < -0.3 is 5.73 Å². The highest BCUT2D eigenvalue weighted by Crippen LogP contribution is 2.38. The summed E-state index contributed by atoms with van der Waals surface area (Å²) in [4.78, 5) is 17.8. The molecule has 0 saturated heterocycles. The van der Waals surface area contributed by atoms with Crippen LogP contribution in [-0.4, -0.2) is 19.9 Å². The summed E-state index contributed by atoms with van der Waals surface area (Å²) in [5.41, 5.74) is 13.3. The standard InChI is InChI=1S/C20H12FN5S/c21-13-4-1-11(2-5-13)17-16(12-3-6-14-15(9-12)27-10-25-14)18-19(20(22)26-17)24-8-7-23-18/h1-10H,(H2,22,26). The predicted molar refractivity (Wildman–Crippen MR) is 106 cm³/mol. The van der Waals surface area contributed by atoms with Gasteiger partial charge >= 0.3 is 0 Å². The smallest absolute Gasteiger partial charge is 0.152 e. The molecule has 3 heterocycles. The van der Waals surface area contributed by atoms with Crippen LogP contribution in [0.15, 0.2) is 60.4 Å². The summed E-state index contributed by atoms with van der Waals surface area (Å²) in [6.07, 6.45) is 3.22. The maximum absolute atomic E-state index is 13.4. The molecule has 0 spiro atoms. The van der Waals surface area contributed by atoms with E-state index in [2.05, 4.69) is 26.0 Å². The number of nitrogen functional groups attached to an aromatic ring is 1. The van der Waals surface area contributed by atoms with Crippen molar-refractivity contribution in [2.75, 3.05) is 5.73 Å². The SMILES string of the molecule is Nc1nc(-c2ccc(F)cc2)c(-c2ccc3ncsc3c2)c2nccnc12. The average molecular weight is 373 g/mol. The van der Waals surface area contributed by atoms with Crippen molar-refractivity contribution in [1.82, 2.24) is 19.9 Å². The van der Waals surface area contributed by atoms with Gasteiger partial charge in [-0.2, -0.15) is 0 Å². The van der Waals surface area contributed by atoms with Crippen LogP contribution in [0.5, 0.6) is 0 Å². The number of pyridine rings is 1. The van der Waals surface area contributed by atoms with E-state index in [0.717, 1.165) is 26.9 Å². The number of thiazole rings is 1. The highest BCUT2D eigenvalue weighted by atomic mass is 32.1. The lowest BCUT2D eigenvalue weighted by Gasteiger charge is -2.13. The number of nitrogens with zero attached hydrogens (tertiary/aromatic N) is 4. The fourth-order valence-corrected chi connectivity index (χ4v) is 3.87. The molecular weight excluding hydrogens is 361 g/mol. The zero-order valence-corrected chi connectivity index (χ0v) is 14.7. The Morgan fingerprint density at radius 2 is 1.59 bits per heavy atom. The zero-order chi connectivity index (χ0) is 18.4. The first-order valence-corrected chi connectivity index (χ1v) is 9.08. The van der Waals surface area contributed by atoms with Crippen molar-refractivity contribution < 1.29 is 4.39 Å². The Labute approximate surface area is 157 Å². The third kappa shape index (κ3) is 2.60. The number of rotatable bonds is 2. The van der Waals surface area contributed by atoms with Crippen molar-refractivity contribution in [1.29, 1.82) is 0 Å². The van der Waals surface area contributed by atoms with Crippen LogP contribution in [0, 0.1) is 5.82 Å². The molecule has 0 fully saturated rings. The molecule has 5 aromatic rings. The van der Waals surface area contributed by atoms with Gasteiger partial charge in [0.25, 0.3) is 0 Å². The highest BCUT2D eigenvalue weighted by molar-refractivity contribution is 7.16. The Morgan fingerprint density at radius 3 is 2.41 bits per heavy atom. The Morgan fingerprint density at radius 1 is 0.852 bits per heavy atom. The lowest BCUT2D eigenvalue weighted by Crippen LogP contribution is -2.01. The van der Waals surface area contributed by atoms with Crippen LogP contribution in [0.4, 0.5) is 10.2 Å². The van der Waals surface area contributed by atoms with Crippen LogP contribution in [0.3, 0.4) is 0 Å². The molecule has 5 nitrogen and oxygen atoms in total. The minimum Gasteiger partial charge on any atom is -0.382 e. The molecule has 0 aliphatic carbocycles. The minimum absolute atomic E-state index is 0.292. The Bertz CT molecular complexity index is 1300. The van der Waals surface area contributed by atoms with Crippen LogP contribution in [-0.2, 0) is 0 Å². The second-order valence-electron chi connectivity index (χ2n) is 6.02. The van der Waals surface area contributed by atoms with Gasteiger partial charge in [0, 0.05) is 23.5 Å². The van der Waals surface area contributed by atoms with Crippen LogP contribution >= 0.6 is 11.3 Å². The summed E-state index contributed by atoms with van der Waals surface area (Å²) in [6, 6.07) is 12.2. The van der Waals surface area contributed by atoms with Crippen molar-refractivity contribution in [3.8, 4) is 22.4 Å². The number of hydrogen-bond acceptors (Lipinski definition) is 6. The number of anilines is 1. The molecule has 0 unspecified atom stereocenters. The monoisotopic (exact) mass is 373 g/mol.